The summed E-state index contributed by atoms with van der Waals surface area (Å²) in [6.45, 7) is 9.89. The third-order valence-corrected chi connectivity index (χ3v) is 3.78. The van der Waals surface area contributed by atoms with Gasteiger partial charge in [0.2, 0.25) is 0 Å². The highest BCUT2D eigenvalue weighted by molar-refractivity contribution is 4.91. The van der Waals surface area contributed by atoms with Gasteiger partial charge in [0.1, 0.15) is 0 Å². The van der Waals surface area contributed by atoms with Gasteiger partial charge in [-0.1, -0.05) is 6.08 Å². The van der Waals surface area contributed by atoms with Crippen LogP contribution in [0.4, 0.5) is 0 Å². The van der Waals surface area contributed by atoms with E-state index >= 15 is 0 Å². The van der Waals surface area contributed by atoms with Gasteiger partial charge in [-0.2, -0.15) is 0 Å². The predicted octanol–water partition coefficient (Wildman–Crippen LogP) is 2.02. The molecule has 86 valence electrons. The SMILES string of the molecule is C=CCC(C)N1CCCNC(C2CC2)C1. The van der Waals surface area contributed by atoms with E-state index in [1.807, 2.05) is 0 Å². The molecule has 2 heteroatoms. The Morgan fingerprint density at radius 3 is 3.00 bits per heavy atom. The average molecular weight is 208 g/mol. The summed E-state index contributed by atoms with van der Waals surface area (Å²) in [6, 6.07) is 1.43. The van der Waals surface area contributed by atoms with E-state index in [1.165, 1.54) is 38.9 Å². The minimum atomic E-state index is 0.670. The van der Waals surface area contributed by atoms with Crippen molar-refractivity contribution in [2.45, 2.75) is 44.7 Å². The highest BCUT2D eigenvalue weighted by Gasteiger charge is 2.33. The standard InChI is InChI=1S/C13H24N2/c1-3-5-11(2)15-9-4-8-14-13(10-15)12-6-7-12/h3,11-14H,1,4-10H2,2H3. The van der Waals surface area contributed by atoms with Crippen LogP contribution in [0.1, 0.15) is 32.6 Å². The van der Waals surface area contributed by atoms with Crippen molar-refractivity contribution < 1.29 is 0 Å². The zero-order chi connectivity index (χ0) is 10.7. The van der Waals surface area contributed by atoms with E-state index < -0.39 is 0 Å². The monoisotopic (exact) mass is 208 g/mol. The van der Waals surface area contributed by atoms with E-state index in [1.54, 1.807) is 0 Å². The fraction of sp³-hybridized carbons (Fsp3) is 0.846. The molecule has 2 nitrogen and oxygen atoms in total. The Labute approximate surface area is 93.7 Å². The average Bonchev–Trinajstić information content (AvgIpc) is 3.04. The fourth-order valence-electron chi connectivity index (χ4n) is 2.58. The summed E-state index contributed by atoms with van der Waals surface area (Å²) in [7, 11) is 0. The van der Waals surface area contributed by atoms with Crippen LogP contribution in [-0.4, -0.2) is 36.6 Å². The molecule has 2 atom stereocenters. The number of nitrogens with zero attached hydrogens (tertiary/aromatic N) is 1. The zero-order valence-electron chi connectivity index (χ0n) is 9.91. The molecule has 1 heterocycles. The van der Waals surface area contributed by atoms with Gasteiger partial charge < -0.3 is 5.32 Å². The molecule has 0 aromatic carbocycles. The first-order valence-electron chi connectivity index (χ1n) is 6.39. The lowest BCUT2D eigenvalue weighted by atomic mass is 10.1. The van der Waals surface area contributed by atoms with Crippen molar-refractivity contribution in [3.05, 3.63) is 12.7 Å². The van der Waals surface area contributed by atoms with E-state index in [9.17, 15) is 0 Å². The van der Waals surface area contributed by atoms with Gasteiger partial charge >= 0.3 is 0 Å². The number of rotatable bonds is 4. The second kappa shape index (κ2) is 5.13. The van der Waals surface area contributed by atoms with Crippen molar-refractivity contribution in [1.82, 2.24) is 10.2 Å². The van der Waals surface area contributed by atoms with E-state index in [4.69, 9.17) is 0 Å². The summed E-state index contributed by atoms with van der Waals surface area (Å²) < 4.78 is 0. The molecule has 1 aliphatic heterocycles. The lowest BCUT2D eigenvalue weighted by Gasteiger charge is -2.29. The third kappa shape index (κ3) is 3.05. The maximum Gasteiger partial charge on any atom is 0.0223 e. The second-order valence-electron chi connectivity index (χ2n) is 5.12. The first-order chi connectivity index (χ1) is 7.31. The number of nitrogens with one attached hydrogen (secondary N) is 1. The molecule has 0 aromatic heterocycles. The fourth-order valence-corrected chi connectivity index (χ4v) is 2.58. The van der Waals surface area contributed by atoms with Crippen LogP contribution >= 0.6 is 0 Å². The van der Waals surface area contributed by atoms with Crippen molar-refractivity contribution in [2.24, 2.45) is 5.92 Å². The molecular formula is C13H24N2. The Hall–Kier alpha value is -0.340. The zero-order valence-corrected chi connectivity index (χ0v) is 9.91. The van der Waals surface area contributed by atoms with E-state index in [0.29, 0.717) is 6.04 Å². The minimum Gasteiger partial charge on any atom is -0.312 e. The van der Waals surface area contributed by atoms with Crippen LogP contribution in [0, 0.1) is 5.92 Å². The maximum atomic E-state index is 3.84. The van der Waals surface area contributed by atoms with Gasteiger partial charge in [0, 0.05) is 18.6 Å². The lowest BCUT2D eigenvalue weighted by molar-refractivity contribution is 0.200. The predicted molar refractivity (Wildman–Crippen MR) is 65.0 cm³/mol. The van der Waals surface area contributed by atoms with Crippen molar-refractivity contribution in [2.75, 3.05) is 19.6 Å². The minimum absolute atomic E-state index is 0.670. The molecule has 0 aromatic rings. The Bertz CT molecular complexity index is 211. The summed E-state index contributed by atoms with van der Waals surface area (Å²) in [5, 5.41) is 3.70. The highest BCUT2D eigenvalue weighted by Crippen LogP contribution is 2.33. The summed E-state index contributed by atoms with van der Waals surface area (Å²) in [4.78, 5) is 2.64. The normalized spacial score (nSPS) is 30.9. The second-order valence-corrected chi connectivity index (χ2v) is 5.12. The van der Waals surface area contributed by atoms with Gasteiger partial charge in [-0.05, 0) is 51.6 Å². The number of hydrogen-bond acceptors (Lipinski definition) is 2. The molecule has 0 bridgehead atoms. The molecule has 0 radical (unpaired) electrons. The van der Waals surface area contributed by atoms with Gasteiger partial charge in [-0.25, -0.2) is 0 Å². The molecule has 0 amide bonds. The molecule has 2 unspecified atom stereocenters. The van der Waals surface area contributed by atoms with Crippen LogP contribution < -0.4 is 5.32 Å². The van der Waals surface area contributed by atoms with Gasteiger partial charge in [0.25, 0.3) is 0 Å². The van der Waals surface area contributed by atoms with E-state index in [-0.39, 0.29) is 0 Å². The quantitative estimate of drug-likeness (QED) is 0.711. The van der Waals surface area contributed by atoms with Crippen molar-refractivity contribution in [3.8, 4) is 0 Å². The molecule has 2 rings (SSSR count). The van der Waals surface area contributed by atoms with Crippen LogP contribution in [0.2, 0.25) is 0 Å². The van der Waals surface area contributed by atoms with Gasteiger partial charge in [0.05, 0.1) is 0 Å². The summed E-state index contributed by atoms with van der Waals surface area (Å²) >= 11 is 0. The summed E-state index contributed by atoms with van der Waals surface area (Å²) in [6.07, 6.45) is 7.36. The van der Waals surface area contributed by atoms with Gasteiger partial charge in [-0.15, -0.1) is 6.58 Å². The third-order valence-electron chi connectivity index (χ3n) is 3.78. The summed E-state index contributed by atoms with van der Waals surface area (Å²) in [5.74, 6) is 0.974. The largest absolute Gasteiger partial charge is 0.312 e. The van der Waals surface area contributed by atoms with Crippen molar-refractivity contribution in [1.29, 1.82) is 0 Å². The Morgan fingerprint density at radius 1 is 1.53 bits per heavy atom. The first kappa shape index (κ1) is 11.2. The Balaban J connectivity index is 1.88. The molecule has 1 aliphatic carbocycles. The van der Waals surface area contributed by atoms with Crippen molar-refractivity contribution in [3.63, 3.8) is 0 Å². The highest BCUT2D eigenvalue weighted by atomic mass is 15.2. The Morgan fingerprint density at radius 2 is 2.33 bits per heavy atom. The molecule has 0 spiro atoms. The van der Waals surface area contributed by atoms with Crippen molar-refractivity contribution >= 4 is 0 Å². The molecule has 2 fully saturated rings. The molecule has 1 saturated carbocycles. The molecule has 1 saturated heterocycles. The topological polar surface area (TPSA) is 15.3 Å². The first-order valence-corrected chi connectivity index (χ1v) is 6.39. The van der Waals surface area contributed by atoms with Crippen LogP contribution in [0.25, 0.3) is 0 Å². The van der Waals surface area contributed by atoms with Crippen LogP contribution in [-0.2, 0) is 0 Å². The molecule has 1 N–H and O–H groups in total. The Kier molecular flexibility index (Phi) is 3.81. The lowest BCUT2D eigenvalue weighted by Crippen LogP contribution is -2.42. The van der Waals surface area contributed by atoms with Crippen LogP contribution in [0.15, 0.2) is 12.7 Å². The molecule has 15 heavy (non-hydrogen) atoms. The van der Waals surface area contributed by atoms with E-state index in [2.05, 4.69) is 29.8 Å². The van der Waals surface area contributed by atoms with E-state index in [0.717, 1.165) is 18.4 Å². The van der Waals surface area contributed by atoms with Crippen LogP contribution in [0.3, 0.4) is 0 Å². The maximum absolute atomic E-state index is 3.84. The smallest absolute Gasteiger partial charge is 0.0223 e. The number of hydrogen-bond donors (Lipinski definition) is 1. The summed E-state index contributed by atoms with van der Waals surface area (Å²) in [5.41, 5.74) is 0. The van der Waals surface area contributed by atoms with Gasteiger partial charge in [0.15, 0.2) is 0 Å². The van der Waals surface area contributed by atoms with Gasteiger partial charge in [-0.3, -0.25) is 4.90 Å². The van der Waals surface area contributed by atoms with Crippen LogP contribution in [0.5, 0.6) is 0 Å². The molecule has 2 aliphatic rings. The molecular weight excluding hydrogens is 184 g/mol.